The van der Waals surface area contributed by atoms with E-state index in [2.05, 4.69) is 17.0 Å². The van der Waals surface area contributed by atoms with Crippen LogP contribution in [0.4, 0.5) is 17.1 Å². The maximum absolute atomic E-state index is 11.2. The van der Waals surface area contributed by atoms with Gasteiger partial charge < -0.3 is 5.32 Å². The standard InChI is InChI=1S/C12H19N3O4S/c1-3-4-5-8-13-11-9-10(14-20(2,18)19)6-7-12(11)15(16)17/h6-7,9,13-14H,3-5,8H2,1-2H3. The molecule has 0 heterocycles. The maximum atomic E-state index is 11.2. The third-order valence-corrected chi connectivity index (χ3v) is 3.20. The summed E-state index contributed by atoms with van der Waals surface area (Å²) in [6.07, 6.45) is 4.02. The van der Waals surface area contributed by atoms with Gasteiger partial charge in [-0.25, -0.2) is 8.42 Å². The molecular formula is C12H19N3O4S. The van der Waals surface area contributed by atoms with Crippen molar-refractivity contribution in [3.8, 4) is 0 Å². The van der Waals surface area contributed by atoms with E-state index in [1.807, 2.05) is 0 Å². The fraction of sp³-hybridized carbons (Fsp3) is 0.500. The second-order valence-electron chi connectivity index (χ2n) is 4.50. The molecule has 0 aliphatic heterocycles. The van der Waals surface area contributed by atoms with Crippen LogP contribution < -0.4 is 10.0 Å². The number of benzene rings is 1. The first-order valence-electron chi connectivity index (χ1n) is 6.33. The van der Waals surface area contributed by atoms with Crippen molar-refractivity contribution < 1.29 is 13.3 Å². The minimum atomic E-state index is -3.40. The second-order valence-corrected chi connectivity index (χ2v) is 6.25. The molecule has 0 saturated carbocycles. The summed E-state index contributed by atoms with van der Waals surface area (Å²) in [5, 5.41) is 13.9. The summed E-state index contributed by atoms with van der Waals surface area (Å²) in [4.78, 5) is 10.4. The van der Waals surface area contributed by atoms with Gasteiger partial charge in [0, 0.05) is 12.6 Å². The Morgan fingerprint density at radius 3 is 2.55 bits per heavy atom. The molecule has 1 rings (SSSR count). The van der Waals surface area contributed by atoms with Gasteiger partial charge in [0.1, 0.15) is 5.69 Å². The Balaban J connectivity index is 2.91. The van der Waals surface area contributed by atoms with E-state index in [0.29, 0.717) is 17.9 Å². The molecule has 0 aliphatic rings. The highest BCUT2D eigenvalue weighted by Gasteiger charge is 2.14. The summed E-state index contributed by atoms with van der Waals surface area (Å²) in [5.41, 5.74) is 0.552. The van der Waals surface area contributed by atoms with E-state index in [1.54, 1.807) is 0 Å². The minimum absolute atomic E-state index is 0.0689. The SMILES string of the molecule is CCCCCNc1cc(NS(C)(=O)=O)ccc1[N+](=O)[O-]. The number of rotatable bonds is 8. The fourth-order valence-corrected chi connectivity index (χ4v) is 2.27. The van der Waals surface area contributed by atoms with E-state index in [-0.39, 0.29) is 5.69 Å². The third-order valence-electron chi connectivity index (χ3n) is 2.59. The van der Waals surface area contributed by atoms with Crippen LogP contribution >= 0.6 is 0 Å². The topological polar surface area (TPSA) is 101 Å². The molecule has 8 heteroatoms. The van der Waals surface area contributed by atoms with E-state index < -0.39 is 14.9 Å². The molecule has 1 aromatic rings. The van der Waals surface area contributed by atoms with Crippen molar-refractivity contribution in [1.29, 1.82) is 0 Å². The van der Waals surface area contributed by atoms with Crippen molar-refractivity contribution in [3.63, 3.8) is 0 Å². The van der Waals surface area contributed by atoms with Crippen LogP contribution in [0, 0.1) is 10.1 Å². The van der Waals surface area contributed by atoms with Gasteiger partial charge >= 0.3 is 0 Å². The van der Waals surface area contributed by atoms with Gasteiger partial charge in [-0.2, -0.15) is 0 Å². The zero-order chi connectivity index (χ0) is 15.2. The number of anilines is 2. The van der Waals surface area contributed by atoms with Crippen LogP contribution in [0.25, 0.3) is 0 Å². The normalized spacial score (nSPS) is 11.1. The summed E-state index contributed by atoms with van der Waals surface area (Å²) in [5.74, 6) is 0. The quantitative estimate of drug-likeness (QED) is 0.436. The van der Waals surface area contributed by atoms with Crippen molar-refractivity contribution in [1.82, 2.24) is 0 Å². The van der Waals surface area contributed by atoms with Crippen LogP contribution in [0.1, 0.15) is 26.2 Å². The molecule has 1 aromatic carbocycles. The molecule has 112 valence electrons. The van der Waals surface area contributed by atoms with Crippen molar-refractivity contribution in [2.75, 3.05) is 22.8 Å². The molecule has 0 fully saturated rings. The number of unbranched alkanes of at least 4 members (excludes halogenated alkanes) is 2. The predicted molar refractivity (Wildman–Crippen MR) is 79.6 cm³/mol. The van der Waals surface area contributed by atoms with Crippen molar-refractivity contribution in [2.24, 2.45) is 0 Å². The Hall–Kier alpha value is -1.83. The van der Waals surface area contributed by atoms with Gasteiger partial charge in [-0.3, -0.25) is 14.8 Å². The summed E-state index contributed by atoms with van der Waals surface area (Å²) in [6, 6.07) is 4.09. The lowest BCUT2D eigenvalue weighted by Crippen LogP contribution is -2.10. The lowest BCUT2D eigenvalue weighted by molar-refractivity contribution is -0.383. The van der Waals surface area contributed by atoms with Gasteiger partial charge in [0.05, 0.1) is 16.9 Å². The lowest BCUT2D eigenvalue weighted by Gasteiger charge is -2.09. The van der Waals surface area contributed by atoms with Gasteiger partial charge in [0.2, 0.25) is 10.0 Å². The zero-order valence-electron chi connectivity index (χ0n) is 11.5. The number of nitro groups is 1. The Labute approximate surface area is 118 Å². The Kier molecular flexibility index (Phi) is 5.75. The van der Waals surface area contributed by atoms with E-state index in [1.165, 1.54) is 18.2 Å². The lowest BCUT2D eigenvalue weighted by atomic mass is 10.2. The molecule has 0 radical (unpaired) electrons. The minimum Gasteiger partial charge on any atom is -0.379 e. The Bertz CT molecular complexity index is 572. The molecule has 0 bridgehead atoms. The van der Waals surface area contributed by atoms with E-state index in [4.69, 9.17) is 0 Å². The fourth-order valence-electron chi connectivity index (χ4n) is 1.71. The third kappa shape index (κ3) is 5.43. The number of nitrogens with zero attached hydrogens (tertiary/aromatic N) is 1. The van der Waals surface area contributed by atoms with Crippen molar-refractivity contribution in [3.05, 3.63) is 28.3 Å². The molecule has 20 heavy (non-hydrogen) atoms. The predicted octanol–water partition coefficient (Wildman–Crippen LogP) is 2.57. The van der Waals surface area contributed by atoms with Gasteiger partial charge in [-0.15, -0.1) is 0 Å². The highest BCUT2D eigenvalue weighted by Crippen LogP contribution is 2.28. The summed E-state index contributed by atoms with van der Waals surface area (Å²) >= 11 is 0. The first kappa shape index (κ1) is 16.2. The van der Waals surface area contributed by atoms with Crippen LogP contribution in [-0.2, 0) is 10.0 Å². The van der Waals surface area contributed by atoms with Crippen molar-refractivity contribution in [2.45, 2.75) is 26.2 Å². The number of nitro benzene ring substituents is 1. The van der Waals surface area contributed by atoms with Crippen LogP contribution in [0.3, 0.4) is 0 Å². The highest BCUT2D eigenvalue weighted by molar-refractivity contribution is 7.92. The van der Waals surface area contributed by atoms with Crippen LogP contribution in [0.15, 0.2) is 18.2 Å². The highest BCUT2D eigenvalue weighted by atomic mass is 32.2. The number of nitrogens with one attached hydrogen (secondary N) is 2. The number of hydrogen-bond acceptors (Lipinski definition) is 5. The number of hydrogen-bond donors (Lipinski definition) is 2. The van der Waals surface area contributed by atoms with Gasteiger partial charge in [0.15, 0.2) is 0 Å². The van der Waals surface area contributed by atoms with Crippen molar-refractivity contribution >= 4 is 27.1 Å². The molecule has 7 nitrogen and oxygen atoms in total. The second kappa shape index (κ2) is 7.09. The average Bonchev–Trinajstić information content (AvgIpc) is 2.32. The molecule has 0 spiro atoms. The first-order valence-corrected chi connectivity index (χ1v) is 8.22. The molecule has 0 saturated heterocycles. The zero-order valence-corrected chi connectivity index (χ0v) is 12.4. The summed E-state index contributed by atoms with van der Waals surface area (Å²) in [7, 11) is -3.40. The summed E-state index contributed by atoms with van der Waals surface area (Å²) in [6.45, 7) is 2.68. The Morgan fingerprint density at radius 1 is 1.30 bits per heavy atom. The molecule has 2 N–H and O–H groups in total. The first-order chi connectivity index (χ1) is 9.33. The van der Waals surface area contributed by atoms with Crippen LogP contribution in [0.5, 0.6) is 0 Å². The molecule has 0 amide bonds. The molecule has 0 unspecified atom stereocenters. The summed E-state index contributed by atoms with van der Waals surface area (Å²) < 4.78 is 24.6. The van der Waals surface area contributed by atoms with E-state index >= 15 is 0 Å². The largest absolute Gasteiger partial charge is 0.379 e. The Morgan fingerprint density at radius 2 is 2.00 bits per heavy atom. The van der Waals surface area contributed by atoms with Gasteiger partial charge in [-0.05, 0) is 18.6 Å². The van der Waals surface area contributed by atoms with E-state index in [0.717, 1.165) is 25.5 Å². The smallest absolute Gasteiger partial charge is 0.292 e. The van der Waals surface area contributed by atoms with Gasteiger partial charge in [0.25, 0.3) is 5.69 Å². The molecule has 0 aromatic heterocycles. The molecular weight excluding hydrogens is 282 g/mol. The maximum Gasteiger partial charge on any atom is 0.292 e. The molecule has 0 atom stereocenters. The molecule has 0 aliphatic carbocycles. The number of sulfonamides is 1. The monoisotopic (exact) mass is 301 g/mol. The van der Waals surface area contributed by atoms with Crippen LogP contribution in [0.2, 0.25) is 0 Å². The van der Waals surface area contributed by atoms with E-state index in [9.17, 15) is 18.5 Å². The average molecular weight is 301 g/mol. The van der Waals surface area contributed by atoms with Crippen LogP contribution in [-0.4, -0.2) is 26.1 Å². The van der Waals surface area contributed by atoms with Gasteiger partial charge in [-0.1, -0.05) is 19.8 Å².